The second-order valence-corrected chi connectivity index (χ2v) is 7.08. The first-order valence-corrected chi connectivity index (χ1v) is 9.41. The van der Waals surface area contributed by atoms with Gasteiger partial charge in [-0.25, -0.2) is 4.79 Å². The minimum atomic E-state index is -4.55. The molecule has 2 amide bonds. The summed E-state index contributed by atoms with van der Waals surface area (Å²) in [5, 5.41) is 2.90. The van der Waals surface area contributed by atoms with Crippen LogP contribution in [-0.4, -0.2) is 48.5 Å². The van der Waals surface area contributed by atoms with Crippen molar-refractivity contribution in [2.24, 2.45) is 5.92 Å². The number of benzene rings is 1. The zero-order chi connectivity index (χ0) is 19.9. The van der Waals surface area contributed by atoms with Crippen LogP contribution in [0.3, 0.4) is 0 Å². The van der Waals surface area contributed by atoms with E-state index in [0.717, 1.165) is 4.90 Å². The van der Waals surface area contributed by atoms with E-state index in [1.54, 1.807) is 17.8 Å². The molecule has 1 saturated heterocycles. The Bertz CT molecular complexity index is 674. The number of carbonyl (C=O) groups is 2. The molecular weight excluding hydrogens is 381 g/mol. The van der Waals surface area contributed by atoms with E-state index in [1.165, 1.54) is 4.90 Å². The van der Waals surface area contributed by atoms with Crippen molar-refractivity contribution in [2.75, 3.05) is 30.8 Å². The van der Waals surface area contributed by atoms with Crippen LogP contribution in [0.15, 0.2) is 41.8 Å². The van der Waals surface area contributed by atoms with E-state index in [-0.39, 0.29) is 24.9 Å². The fourth-order valence-electron chi connectivity index (χ4n) is 2.64. The molecular formula is C18H21F3N2O3S. The number of hydrogen-bond donors (Lipinski definition) is 1. The Hall–Kier alpha value is -2.16. The smallest absolute Gasteiger partial charge is 0.422 e. The first kappa shape index (κ1) is 21.1. The monoisotopic (exact) mass is 402 g/mol. The lowest BCUT2D eigenvalue weighted by molar-refractivity contribution is -0.162. The number of rotatable bonds is 6. The number of anilines is 1. The third kappa shape index (κ3) is 6.82. The molecule has 1 aromatic carbocycles. The second-order valence-electron chi connectivity index (χ2n) is 6.02. The van der Waals surface area contributed by atoms with Gasteiger partial charge in [-0.1, -0.05) is 18.2 Å². The molecule has 1 N–H and O–H groups in total. The van der Waals surface area contributed by atoms with Crippen LogP contribution in [0.4, 0.5) is 23.7 Å². The van der Waals surface area contributed by atoms with Crippen molar-refractivity contribution in [3.8, 4) is 0 Å². The van der Waals surface area contributed by atoms with Gasteiger partial charge in [0.2, 0.25) is 5.91 Å². The molecule has 0 saturated carbocycles. The van der Waals surface area contributed by atoms with Gasteiger partial charge >= 0.3 is 12.3 Å². The van der Waals surface area contributed by atoms with Gasteiger partial charge in [0, 0.05) is 29.7 Å². The molecule has 5 nitrogen and oxygen atoms in total. The number of ether oxygens (including phenoxy) is 1. The van der Waals surface area contributed by atoms with Crippen LogP contribution in [0.25, 0.3) is 0 Å². The van der Waals surface area contributed by atoms with Gasteiger partial charge < -0.3 is 15.0 Å². The van der Waals surface area contributed by atoms with Crippen LogP contribution in [-0.2, 0) is 9.53 Å². The summed E-state index contributed by atoms with van der Waals surface area (Å²) in [4.78, 5) is 26.3. The maximum Gasteiger partial charge on any atom is 0.422 e. The normalized spacial score (nSPS) is 15.3. The topological polar surface area (TPSA) is 58.6 Å². The van der Waals surface area contributed by atoms with Crippen LogP contribution in [0.2, 0.25) is 0 Å². The third-order valence-corrected chi connectivity index (χ3v) is 5.05. The fourth-order valence-corrected chi connectivity index (χ4v) is 3.39. The first-order chi connectivity index (χ1) is 12.8. The maximum absolute atomic E-state index is 12.5. The highest BCUT2D eigenvalue weighted by atomic mass is 32.2. The van der Waals surface area contributed by atoms with Gasteiger partial charge in [0.25, 0.3) is 0 Å². The number of para-hydroxylation sites is 1. The minimum absolute atomic E-state index is 0.162. The van der Waals surface area contributed by atoms with Gasteiger partial charge in [-0.3, -0.25) is 4.79 Å². The molecule has 0 radical (unpaired) electrons. The largest absolute Gasteiger partial charge is 0.440 e. The minimum Gasteiger partial charge on any atom is -0.440 e. The number of nitrogens with zero attached hydrogens (tertiary/aromatic N) is 1. The zero-order valence-corrected chi connectivity index (χ0v) is 15.4. The lowest BCUT2D eigenvalue weighted by Gasteiger charge is -2.30. The summed E-state index contributed by atoms with van der Waals surface area (Å²) in [5.74, 6) is 0.241. The summed E-state index contributed by atoms with van der Waals surface area (Å²) >= 11 is 1.55. The SMILES string of the molecule is C=CCSc1ccccc1NC(=O)C1CCN(C(=O)OCC(F)(F)F)CC1. The molecule has 148 valence electrons. The average Bonchev–Trinajstić information content (AvgIpc) is 2.65. The number of piperidine rings is 1. The highest BCUT2D eigenvalue weighted by molar-refractivity contribution is 7.99. The highest BCUT2D eigenvalue weighted by Gasteiger charge is 2.33. The molecule has 1 heterocycles. The van der Waals surface area contributed by atoms with Gasteiger partial charge in [-0.15, -0.1) is 18.3 Å². The summed E-state index contributed by atoms with van der Waals surface area (Å²) in [5.41, 5.74) is 0.710. The lowest BCUT2D eigenvalue weighted by Crippen LogP contribution is -2.42. The predicted octanol–water partition coefficient (Wildman–Crippen LogP) is 4.31. The highest BCUT2D eigenvalue weighted by Crippen LogP contribution is 2.28. The maximum atomic E-state index is 12.5. The van der Waals surface area contributed by atoms with Crippen LogP contribution >= 0.6 is 11.8 Å². The Balaban J connectivity index is 1.85. The van der Waals surface area contributed by atoms with Crippen molar-refractivity contribution in [1.29, 1.82) is 0 Å². The molecule has 0 bridgehead atoms. The molecule has 9 heteroatoms. The van der Waals surface area contributed by atoms with Gasteiger partial charge in [0.05, 0.1) is 5.69 Å². The summed E-state index contributed by atoms with van der Waals surface area (Å²) in [6, 6.07) is 7.43. The lowest BCUT2D eigenvalue weighted by atomic mass is 9.96. The molecule has 1 aliphatic rings. The van der Waals surface area contributed by atoms with Gasteiger partial charge in [-0.05, 0) is 25.0 Å². The Morgan fingerprint density at radius 3 is 2.59 bits per heavy atom. The van der Waals surface area contributed by atoms with E-state index in [2.05, 4.69) is 16.6 Å². The summed E-state index contributed by atoms with van der Waals surface area (Å²) < 4.78 is 40.6. The molecule has 0 aliphatic carbocycles. The van der Waals surface area contributed by atoms with Crippen molar-refractivity contribution >= 4 is 29.4 Å². The van der Waals surface area contributed by atoms with Crippen LogP contribution in [0.1, 0.15) is 12.8 Å². The number of likely N-dealkylation sites (tertiary alicyclic amines) is 1. The Morgan fingerprint density at radius 2 is 1.96 bits per heavy atom. The van der Waals surface area contributed by atoms with E-state index in [1.807, 2.05) is 24.3 Å². The number of thioether (sulfide) groups is 1. The molecule has 1 fully saturated rings. The van der Waals surface area contributed by atoms with Gasteiger partial charge in [-0.2, -0.15) is 13.2 Å². The van der Waals surface area contributed by atoms with Crippen molar-refractivity contribution in [3.05, 3.63) is 36.9 Å². The predicted molar refractivity (Wildman–Crippen MR) is 97.7 cm³/mol. The van der Waals surface area contributed by atoms with E-state index < -0.39 is 18.9 Å². The number of nitrogens with one attached hydrogen (secondary N) is 1. The van der Waals surface area contributed by atoms with Crippen molar-refractivity contribution < 1.29 is 27.5 Å². The van der Waals surface area contributed by atoms with E-state index in [0.29, 0.717) is 24.3 Å². The number of alkyl halides is 3. The molecule has 0 unspecified atom stereocenters. The first-order valence-electron chi connectivity index (χ1n) is 8.42. The second kappa shape index (κ2) is 9.68. The molecule has 2 rings (SSSR count). The molecule has 27 heavy (non-hydrogen) atoms. The van der Waals surface area contributed by atoms with Crippen molar-refractivity contribution in [3.63, 3.8) is 0 Å². The molecule has 1 aliphatic heterocycles. The Kier molecular flexibility index (Phi) is 7.58. The quantitative estimate of drug-likeness (QED) is 0.569. The van der Waals surface area contributed by atoms with Crippen LogP contribution in [0.5, 0.6) is 0 Å². The standard InChI is InChI=1S/C18H21F3N2O3S/c1-2-11-27-15-6-4-3-5-14(15)22-16(24)13-7-9-23(10-8-13)17(25)26-12-18(19,20)21/h2-6,13H,1,7-12H2,(H,22,24). The molecule has 0 aromatic heterocycles. The zero-order valence-electron chi connectivity index (χ0n) is 14.6. The summed E-state index contributed by atoms with van der Waals surface area (Å²) in [6.07, 6.45) is -3.04. The molecule has 0 atom stereocenters. The van der Waals surface area contributed by atoms with Crippen LogP contribution in [0, 0.1) is 5.92 Å². The number of amides is 2. The Labute approximate surface area is 159 Å². The average molecular weight is 402 g/mol. The summed E-state index contributed by atoms with van der Waals surface area (Å²) in [6.45, 7) is 2.43. The van der Waals surface area contributed by atoms with E-state index in [4.69, 9.17) is 0 Å². The molecule has 1 aromatic rings. The molecule has 0 spiro atoms. The number of hydrogen-bond acceptors (Lipinski definition) is 4. The Morgan fingerprint density at radius 1 is 1.30 bits per heavy atom. The van der Waals surface area contributed by atoms with E-state index in [9.17, 15) is 22.8 Å². The fraction of sp³-hybridized carbons (Fsp3) is 0.444. The third-order valence-electron chi connectivity index (χ3n) is 3.98. The van der Waals surface area contributed by atoms with E-state index >= 15 is 0 Å². The van der Waals surface area contributed by atoms with Gasteiger partial charge in [0.1, 0.15) is 0 Å². The van der Waals surface area contributed by atoms with Gasteiger partial charge in [0.15, 0.2) is 6.61 Å². The number of carbonyl (C=O) groups excluding carboxylic acids is 2. The van der Waals surface area contributed by atoms with Crippen molar-refractivity contribution in [2.45, 2.75) is 23.9 Å². The number of halogens is 3. The van der Waals surface area contributed by atoms with Crippen molar-refractivity contribution in [1.82, 2.24) is 4.90 Å². The van der Waals surface area contributed by atoms with Crippen LogP contribution < -0.4 is 5.32 Å². The summed E-state index contributed by atoms with van der Waals surface area (Å²) in [7, 11) is 0.